The maximum Gasteiger partial charge on any atom is 0.305 e. The van der Waals surface area contributed by atoms with E-state index in [9.17, 15) is 9.59 Å². The fourth-order valence-electron chi connectivity index (χ4n) is 1.38. The van der Waals surface area contributed by atoms with Gasteiger partial charge in [-0.1, -0.05) is 0 Å². The zero-order valence-corrected chi connectivity index (χ0v) is 8.73. The molecule has 1 aliphatic rings. The monoisotopic (exact) mass is 213 g/mol. The lowest BCUT2D eigenvalue weighted by atomic mass is 10.2. The van der Waals surface area contributed by atoms with E-state index in [-0.39, 0.29) is 18.9 Å². The van der Waals surface area contributed by atoms with E-state index in [1.54, 1.807) is 0 Å². The van der Waals surface area contributed by atoms with Crippen LogP contribution in [0.15, 0.2) is 11.8 Å². The molecular weight excluding hydrogens is 198 g/mol. The van der Waals surface area contributed by atoms with Gasteiger partial charge in [-0.3, -0.25) is 9.59 Å². The lowest BCUT2D eigenvalue weighted by Crippen LogP contribution is -2.33. The molecule has 15 heavy (non-hydrogen) atoms. The van der Waals surface area contributed by atoms with Gasteiger partial charge in [0.15, 0.2) is 0 Å². The van der Waals surface area contributed by atoms with Gasteiger partial charge in [0, 0.05) is 19.5 Å². The predicted molar refractivity (Wildman–Crippen MR) is 53.2 cm³/mol. The first-order valence-corrected chi connectivity index (χ1v) is 4.97. The minimum atomic E-state index is -0.891. The zero-order valence-electron chi connectivity index (χ0n) is 8.73. The van der Waals surface area contributed by atoms with Crippen LogP contribution in [-0.2, 0) is 14.3 Å². The molecule has 1 heterocycles. The van der Waals surface area contributed by atoms with Gasteiger partial charge in [0.05, 0.1) is 24.9 Å². The smallest absolute Gasteiger partial charge is 0.305 e. The number of nitrogens with zero attached hydrogens (tertiary/aromatic N) is 1. The van der Waals surface area contributed by atoms with Crippen LogP contribution in [0.5, 0.6) is 0 Å². The summed E-state index contributed by atoms with van der Waals surface area (Å²) in [5.41, 5.74) is 0.627. The predicted octanol–water partition coefficient (Wildman–Crippen LogP) is 0.614. The van der Waals surface area contributed by atoms with Crippen LogP contribution in [0.3, 0.4) is 0 Å². The summed E-state index contributed by atoms with van der Waals surface area (Å²) in [6.07, 6.45) is 2.06. The number of amides is 1. The number of rotatable bonds is 5. The number of carboxylic acid groups (broad SMARTS) is 1. The molecule has 5 heteroatoms. The van der Waals surface area contributed by atoms with Crippen molar-refractivity contribution in [3.05, 3.63) is 11.8 Å². The lowest BCUT2D eigenvalue weighted by Gasteiger charge is -2.19. The van der Waals surface area contributed by atoms with Crippen molar-refractivity contribution in [2.75, 3.05) is 19.7 Å². The largest absolute Gasteiger partial charge is 0.500 e. The summed E-state index contributed by atoms with van der Waals surface area (Å²) in [5, 5.41) is 8.53. The van der Waals surface area contributed by atoms with Gasteiger partial charge in [0.2, 0.25) is 0 Å². The summed E-state index contributed by atoms with van der Waals surface area (Å²) < 4.78 is 4.97. The Morgan fingerprint density at radius 1 is 1.60 bits per heavy atom. The lowest BCUT2D eigenvalue weighted by molar-refractivity contribution is -0.138. The Hall–Kier alpha value is -1.52. The van der Waals surface area contributed by atoms with E-state index < -0.39 is 5.97 Å². The van der Waals surface area contributed by atoms with E-state index >= 15 is 0 Å². The van der Waals surface area contributed by atoms with E-state index in [2.05, 4.69) is 0 Å². The number of hydrogen-bond acceptors (Lipinski definition) is 3. The third-order valence-electron chi connectivity index (χ3n) is 2.25. The molecule has 1 aliphatic heterocycles. The third-order valence-corrected chi connectivity index (χ3v) is 2.25. The van der Waals surface area contributed by atoms with Gasteiger partial charge < -0.3 is 14.7 Å². The highest BCUT2D eigenvalue weighted by atomic mass is 16.5. The Morgan fingerprint density at radius 2 is 2.33 bits per heavy atom. The molecule has 1 rings (SSSR count). The van der Waals surface area contributed by atoms with Crippen LogP contribution in [-0.4, -0.2) is 41.6 Å². The Labute approximate surface area is 88.3 Å². The van der Waals surface area contributed by atoms with Crippen molar-refractivity contribution in [1.82, 2.24) is 4.90 Å². The highest BCUT2D eigenvalue weighted by molar-refractivity contribution is 5.93. The SMILES string of the molecule is CCN(CCC(=O)O)C(=O)C1=COCC1. The summed E-state index contributed by atoms with van der Waals surface area (Å²) in [4.78, 5) is 23.7. The number of aliphatic carboxylic acids is 1. The molecule has 1 amide bonds. The zero-order chi connectivity index (χ0) is 11.3. The van der Waals surface area contributed by atoms with Gasteiger partial charge in [-0.15, -0.1) is 0 Å². The molecule has 0 aromatic rings. The maximum atomic E-state index is 11.8. The minimum Gasteiger partial charge on any atom is -0.500 e. The summed E-state index contributed by atoms with van der Waals surface area (Å²) in [6, 6.07) is 0. The fraction of sp³-hybridized carbons (Fsp3) is 0.600. The second-order valence-corrected chi connectivity index (χ2v) is 3.29. The Balaban J connectivity index is 2.49. The molecule has 84 valence electrons. The number of carbonyl (C=O) groups is 2. The van der Waals surface area contributed by atoms with Gasteiger partial charge in [-0.2, -0.15) is 0 Å². The van der Waals surface area contributed by atoms with E-state index in [0.717, 1.165) is 0 Å². The molecule has 0 aromatic heterocycles. The average Bonchev–Trinajstić information content (AvgIpc) is 2.70. The van der Waals surface area contributed by atoms with Crippen molar-refractivity contribution in [1.29, 1.82) is 0 Å². The standard InChI is InChI=1S/C10H15NO4/c1-2-11(5-3-9(12)13)10(14)8-4-6-15-7-8/h7H,2-6H2,1H3,(H,12,13). The summed E-state index contributed by atoms with van der Waals surface area (Å²) in [7, 11) is 0. The molecule has 0 saturated carbocycles. The highest BCUT2D eigenvalue weighted by Crippen LogP contribution is 2.13. The molecule has 0 bridgehead atoms. The van der Waals surface area contributed by atoms with Crippen LogP contribution >= 0.6 is 0 Å². The van der Waals surface area contributed by atoms with Crippen molar-refractivity contribution in [3.8, 4) is 0 Å². The van der Waals surface area contributed by atoms with Crippen molar-refractivity contribution in [2.24, 2.45) is 0 Å². The first kappa shape index (κ1) is 11.6. The normalized spacial score (nSPS) is 14.3. The molecule has 0 unspecified atom stereocenters. The average molecular weight is 213 g/mol. The Bertz CT molecular complexity index is 285. The minimum absolute atomic E-state index is 0.0201. The molecular formula is C10H15NO4. The van der Waals surface area contributed by atoms with E-state index in [4.69, 9.17) is 9.84 Å². The van der Waals surface area contributed by atoms with Crippen molar-refractivity contribution in [3.63, 3.8) is 0 Å². The topological polar surface area (TPSA) is 66.8 Å². The Kier molecular flexibility index (Phi) is 4.15. The molecule has 0 aliphatic carbocycles. The van der Waals surface area contributed by atoms with Gasteiger partial charge in [0.25, 0.3) is 5.91 Å². The second-order valence-electron chi connectivity index (χ2n) is 3.29. The van der Waals surface area contributed by atoms with Crippen LogP contribution in [0.1, 0.15) is 19.8 Å². The van der Waals surface area contributed by atoms with Crippen molar-refractivity contribution >= 4 is 11.9 Å². The second kappa shape index (κ2) is 5.38. The number of ether oxygens (including phenoxy) is 1. The summed E-state index contributed by atoms with van der Waals surface area (Å²) in [6.45, 7) is 3.14. The number of carboxylic acids is 1. The number of carbonyl (C=O) groups excluding carboxylic acids is 1. The molecule has 0 spiro atoms. The highest BCUT2D eigenvalue weighted by Gasteiger charge is 2.20. The molecule has 5 nitrogen and oxygen atoms in total. The third kappa shape index (κ3) is 3.27. The van der Waals surface area contributed by atoms with Crippen LogP contribution < -0.4 is 0 Å². The van der Waals surface area contributed by atoms with Crippen LogP contribution in [0.2, 0.25) is 0 Å². The molecule has 0 atom stereocenters. The molecule has 1 N–H and O–H groups in total. The maximum absolute atomic E-state index is 11.8. The summed E-state index contributed by atoms with van der Waals surface area (Å²) in [5.74, 6) is -1.01. The van der Waals surface area contributed by atoms with Gasteiger partial charge in [0.1, 0.15) is 0 Å². The van der Waals surface area contributed by atoms with Crippen LogP contribution in [0.25, 0.3) is 0 Å². The van der Waals surface area contributed by atoms with Gasteiger partial charge >= 0.3 is 5.97 Å². The summed E-state index contributed by atoms with van der Waals surface area (Å²) >= 11 is 0. The number of hydrogen-bond donors (Lipinski definition) is 1. The molecule has 0 fully saturated rings. The molecule has 0 saturated heterocycles. The van der Waals surface area contributed by atoms with E-state index in [1.165, 1.54) is 11.2 Å². The first-order chi connectivity index (χ1) is 7.15. The Morgan fingerprint density at radius 3 is 2.80 bits per heavy atom. The molecule has 0 aromatic carbocycles. The fourth-order valence-corrected chi connectivity index (χ4v) is 1.38. The number of likely N-dealkylation sites (N-methyl/N-ethyl adjacent to an activating group) is 1. The van der Waals surface area contributed by atoms with Crippen molar-refractivity contribution in [2.45, 2.75) is 19.8 Å². The van der Waals surface area contributed by atoms with E-state index in [0.29, 0.717) is 25.1 Å². The van der Waals surface area contributed by atoms with Gasteiger partial charge in [-0.25, -0.2) is 0 Å². The van der Waals surface area contributed by atoms with E-state index in [1.807, 2.05) is 6.92 Å². The van der Waals surface area contributed by atoms with Crippen LogP contribution in [0.4, 0.5) is 0 Å². The molecule has 0 radical (unpaired) electrons. The van der Waals surface area contributed by atoms with Crippen LogP contribution in [0, 0.1) is 0 Å². The first-order valence-electron chi connectivity index (χ1n) is 4.97. The quantitative estimate of drug-likeness (QED) is 0.726. The van der Waals surface area contributed by atoms with Crippen molar-refractivity contribution < 1.29 is 19.4 Å². The van der Waals surface area contributed by atoms with Gasteiger partial charge in [-0.05, 0) is 6.92 Å².